The average molecular weight is 391 g/mol. The van der Waals surface area contributed by atoms with Crippen molar-refractivity contribution in [2.24, 2.45) is 0 Å². The highest BCUT2D eigenvalue weighted by Crippen LogP contribution is 2.35. The summed E-state index contributed by atoms with van der Waals surface area (Å²) in [7, 11) is 0. The molecular weight excluding hydrogens is 375 g/mol. The molecule has 0 radical (unpaired) electrons. The molecule has 1 heterocycles. The molecule has 1 aromatic heterocycles. The molecule has 4 nitrogen and oxygen atoms in total. The first-order valence-corrected chi connectivity index (χ1v) is 9.01. The molecule has 8 heteroatoms. The summed E-state index contributed by atoms with van der Waals surface area (Å²) in [4.78, 5) is 21.2. The molecule has 140 valence electrons. The maximum Gasteiger partial charge on any atom is 0.418 e. The summed E-state index contributed by atoms with van der Waals surface area (Å²) < 4.78 is 39.3. The SMILES string of the molecule is Cc1nc(S[C@@H](C)C(=O)Nc2ccccc2C(F)(F)F)c2ccccc2n1. The minimum atomic E-state index is -4.54. The number of fused-ring (bicyclic) bond motifs is 1. The van der Waals surface area contributed by atoms with Crippen molar-refractivity contribution in [1.29, 1.82) is 0 Å². The quantitative estimate of drug-likeness (QED) is 0.498. The second-order valence-corrected chi connectivity index (χ2v) is 7.22. The number of amides is 1. The number of hydrogen-bond donors (Lipinski definition) is 1. The van der Waals surface area contributed by atoms with E-state index in [0.717, 1.165) is 17.0 Å². The number of benzene rings is 2. The third-order valence-corrected chi connectivity index (χ3v) is 4.93. The Morgan fingerprint density at radius 2 is 1.74 bits per heavy atom. The van der Waals surface area contributed by atoms with Gasteiger partial charge in [-0.05, 0) is 32.0 Å². The van der Waals surface area contributed by atoms with E-state index in [0.29, 0.717) is 10.9 Å². The van der Waals surface area contributed by atoms with Gasteiger partial charge in [0.15, 0.2) is 0 Å². The zero-order chi connectivity index (χ0) is 19.6. The Morgan fingerprint density at radius 3 is 2.48 bits per heavy atom. The van der Waals surface area contributed by atoms with Crippen LogP contribution in [-0.2, 0) is 11.0 Å². The topological polar surface area (TPSA) is 54.9 Å². The van der Waals surface area contributed by atoms with Crippen LogP contribution < -0.4 is 5.32 Å². The molecule has 0 aliphatic carbocycles. The van der Waals surface area contributed by atoms with Crippen LogP contribution in [0.5, 0.6) is 0 Å². The van der Waals surface area contributed by atoms with Gasteiger partial charge in [-0.1, -0.05) is 42.1 Å². The number of aromatic nitrogens is 2. The number of para-hydroxylation sites is 2. The zero-order valence-electron chi connectivity index (χ0n) is 14.5. The van der Waals surface area contributed by atoms with E-state index in [2.05, 4.69) is 15.3 Å². The Balaban J connectivity index is 1.82. The van der Waals surface area contributed by atoms with Crippen molar-refractivity contribution in [2.45, 2.75) is 30.3 Å². The van der Waals surface area contributed by atoms with E-state index in [1.54, 1.807) is 13.8 Å². The van der Waals surface area contributed by atoms with Gasteiger partial charge >= 0.3 is 6.18 Å². The minimum absolute atomic E-state index is 0.258. The van der Waals surface area contributed by atoms with E-state index in [9.17, 15) is 18.0 Å². The summed E-state index contributed by atoms with van der Waals surface area (Å²) in [5, 5.41) is 3.14. The van der Waals surface area contributed by atoms with Crippen LogP contribution in [0.1, 0.15) is 18.3 Å². The second-order valence-electron chi connectivity index (χ2n) is 5.89. The molecule has 0 unspecified atom stereocenters. The van der Waals surface area contributed by atoms with Crippen molar-refractivity contribution in [3.8, 4) is 0 Å². The second kappa shape index (κ2) is 7.56. The Labute approximate surface area is 158 Å². The first-order chi connectivity index (χ1) is 12.8. The Bertz CT molecular complexity index is 991. The molecule has 0 aliphatic rings. The highest BCUT2D eigenvalue weighted by atomic mass is 32.2. The predicted octanol–water partition coefficient (Wildman–Crippen LogP) is 5.08. The van der Waals surface area contributed by atoms with Crippen molar-refractivity contribution in [2.75, 3.05) is 5.32 Å². The smallest absolute Gasteiger partial charge is 0.325 e. The van der Waals surface area contributed by atoms with Crippen molar-refractivity contribution in [3.63, 3.8) is 0 Å². The molecule has 3 aromatic rings. The number of thioether (sulfide) groups is 1. The fourth-order valence-electron chi connectivity index (χ4n) is 2.54. The lowest BCUT2D eigenvalue weighted by molar-refractivity contribution is -0.137. The number of alkyl halides is 3. The lowest BCUT2D eigenvalue weighted by atomic mass is 10.1. The summed E-state index contributed by atoms with van der Waals surface area (Å²) >= 11 is 1.18. The van der Waals surface area contributed by atoms with Gasteiger partial charge in [0.2, 0.25) is 5.91 Å². The van der Waals surface area contributed by atoms with Gasteiger partial charge in [0.05, 0.1) is 22.0 Å². The molecule has 0 spiro atoms. The lowest BCUT2D eigenvalue weighted by Gasteiger charge is -2.16. The standard InChI is InChI=1S/C19H16F3N3OS/c1-11(17(26)25-16-10-6-4-8-14(16)19(20,21)22)27-18-13-7-3-5-9-15(13)23-12(2)24-18/h3-11H,1-2H3,(H,25,26)/t11-/m0/s1. The van der Waals surface area contributed by atoms with Gasteiger partial charge in [-0.3, -0.25) is 4.79 Å². The van der Waals surface area contributed by atoms with E-state index < -0.39 is 22.9 Å². The highest BCUT2D eigenvalue weighted by Gasteiger charge is 2.34. The largest absolute Gasteiger partial charge is 0.418 e. The summed E-state index contributed by atoms with van der Waals surface area (Å²) in [5.41, 5.74) is -0.382. The van der Waals surface area contributed by atoms with Crippen molar-refractivity contribution >= 4 is 34.3 Å². The van der Waals surface area contributed by atoms with E-state index >= 15 is 0 Å². The molecule has 3 rings (SSSR count). The fourth-order valence-corrected chi connectivity index (χ4v) is 3.53. The average Bonchev–Trinajstić information content (AvgIpc) is 2.61. The first kappa shape index (κ1) is 19.2. The van der Waals surface area contributed by atoms with Crippen LogP contribution >= 0.6 is 11.8 Å². The maximum atomic E-state index is 13.1. The molecule has 0 bridgehead atoms. The molecule has 0 aliphatic heterocycles. The minimum Gasteiger partial charge on any atom is -0.325 e. The third-order valence-electron chi connectivity index (χ3n) is 3.83. The van der Waals surface area contributed by atoms with E-state index in [1.165, 1.54) is 30.0 Å². The predicted molar refractivity (Wildman–Crippen MR) is 99.7 cm³/mol. The number of carbonyl (C=O) groups is 1. The van der Waals surface area contributed by atoms with Gasteiger partial charge in [-0.2, -0.15) is 13.2 Å². The summed E-state index contributed by atoms with van der Waals surface area (Å²) in [5.74, 6) is 0.0308. The van der Waals surface area contributed by atoms with Crippen LogP contribution in [0.3, 0.4) is 0 Å². The Morgan fingerprint density at radius 1 is 1.07 bits per heavy atom. The van der Waals surface area contributed by atoms with E-state index in [1.807, 2.05) is 24.3 Å². The number of aryl methyl sites for hydroxylation is 1. The van der Waals surface area contributed by atoms with Gasteiger partial charge < -0.3 is 5.32 Å². The number of nitrogens with zero attached hydrogens (tertiary/aromatic N) is 2. The number of hydrogen-bond acceptors (Lipinski definition) is 4. The van der Waals surface area contributed by atoms with Crippen LogP contribution in [0.15, 0.2) is 53.6 Å². The van der Waals surface area contributed by atoms with Crippen molar-refractivity contribution < 1.29 is 18.0 Å². The van der Waals surface area contributed by atoms with Gasteiger partial charge in [0.1, 0.15) is 10.9 Å². The number of carbonyl (C=O) groups excluding carboxylic acids is 1. The molecule has 27 heavy (non-hydrogen) atoms. The van der Waals surface area contributed by atoms with Crippen LogP contribution in [0.2, 0.25) is 0 Å². The molecule has 0 fully saturated rings. The molecule has 0 saturated carbocycles. The third kappa shape index (κ3) is 4.39. The van der Waals surface area contributed by atoms with E-state index in [-0.39, 0.29) is 5.69 Å². The van der Waals surface area contributed by atoms with Crippen LogP contribution in [-0.4, -0.2) is 21.1 Å². The summed E-state index contributed by atoms with van der Waals surface area (Å²) in [6.07, 6.45) is -4.54. The number of halogens is 3. The monoisotopic (exact) mass is 391 g/mol. The van der Waals surface area contributed by atoms with Gasteiger partial charge in [-0.25, -0.2) is 9.97 Å². The van der Waals surface area contributed by atoms with Gasteiger partial charge in [0, 0.05) is 5.39 Å². The molecule has 2 aromatic carbocycles. The van der Waals surface area contributed by atoms with Crippen LogP contribution in [0.4, 0.5) is 18.9 Å². The molecule has 1 amide bonds. The lowest BCUT2D eigenvalue weighted by Crippen LogP contribution is -2.24. The van der Waals surface area contributed by atoms with Crippen molar-refractivity contribution in [3.05, 3.63) is 59.9 Å². The van der Waals surface area contributed by atoms with Gasteiger partial charge in [-0.15, -0.1) is 0 Å². The molecule has 1 N–H and O–H groups in total. The molecule has 1 atom stereocenters. The number of anilines is 1. The molecular formula is C19H16F3N3OS. The zero-order valence-corrected chi connectivity index (χ0v) is 15.4. The number of nitrogens with one attached hydrogen (secondary N) is 1. The van der Waals surface area contributed by atoms with E-state index in [4.69, 9.17) is 0 Å². The van der Waals surface area contributed by atoms with Crippen LogP contribution in [0, 0.1) is 6.92 Å². The maximum absolute atomic E-state index is 13.1. The van der Waals surface area contributed by atoms with Gasteiger partial charge in [0.25, 0.3) is 0 Å². The summed E-state index contributed by atoms with van der Waals surface area (Å²) in [6.45, 7) is 3.38. The summed E-state index contributed by atoms with van der Waals surface area (Å²) in [6, 6.07) is 12.3. The highest BCUT2D eigenvalue weighted by molar-refractivity contribution is 8.00. The fraction of sp³-hybridized carbons (Fsp3) is 0.211. The Hall–Kier alpha value is -2.61. The van der Waals surface area contributed by atoms with Crippen LogP contribution in [0.25, 0.3) is 10.9 Å². The first-order valence-electron chi connectivity index (χ1n) is 8.13. The Kier molecular flexibility index (Phi) is 5.36. The number of rotatable bonds is 4. The van der Waals surface area contributed by atoms with Crippen molar-refractivity contribution in [1.82, 2.24) is 9.97 Å². The molecule has 0 saturated heterocycles. The normalized spacial score (nSPS) is 12.8.